The van der Waals surface area contributed by atoms with Crippen molar-refractivity contribution in [3.63, 3.8) is 0 Å². The Morgan fingerprint density at radius 2 is 1.77 bits per heavy atom. The Morgan fingerprint density at radius 3 is 1.92 bits per heavy atom. The molecule has 0 aromatic rings. The maximum absolute atomic E-state index is 4.05. The zero-order valence-electron chi connectivity index (χ0n) is 9.98. The standard InChI is InChI=1S/C10H19N.C2H6/c1-5-10(6-2)7-9(3)8-11(10)4;1-2/h3,5-8H2,1-2,4H3;1-2H3. The van der Waals surface area contributed by atoms with E-state index in [1.807, 2.05) is 13.8 Å². The van der Waals surface area contributed by atoms with E-state index in [1.54, 1.807) is 0 Å². The van der Waals surface area contributed by atoms with Crippen LogP contribution in [0.3, 0.4) is 0 Å². The summed E-state index contributed by atoms with van der Waals surface area (Å²) in [5, 5.41) is 0. The topological polar surface area (TPSA) is 3.24 Å². The first-order chi connectivity index (χ1) is 6.14. The molecule has 1 nitrogen and oxygen atoms in total. The van der Waals surface area contributed by atoms with Gasteiger partial charge in [-0.3, -0.25) is 4.90 Å². The van der Waals surface area contributed by atoms with Gasteiger partial charge in [0.25, 0.3) is 0 Å². The molecule has 1 heteroatoms. The summed E-state index contributed by atoms with van der Waals surface area (Å²) in [5.41, 5.74) is 1.84. The lowest BCUT2D eigenvalue weighted by atomic mass is 9.89. The van der Waals surface area contributed by atoms with Gasteiger partial charge in [0.2, 0.25) is 0 Å². The highest BCUT2D eigenvalue weighted by Gasteiger charge is 2.36. The van der Waals surface area contributed by atoms with Crippen molar-refractivity contribution in [2.45, 2.75) is 52.5 Å². The molecule has 0 saturated carbocycles. The van der Waals surface area contributed by atoms with Gasteiger partial charge in [-0.1, -0.05) is 39.8 Å². The van der Waals surface area contributed by atoms with E-state index in [2.05, 4.69) is 32.4 Å². The zero-order valence-corrected chi connectivity index (χ0v) is 9.98. The molecule has 13 heavy (non-hydrogen) atoms. The van der Waals surface area contributed by atoms with Crippen molar-refractivity contribution in [2.75, 3.05) is 13.6 Å². The molecule has 0 N–H and O–H groups in total. The van der Waals surface area contributed by atoms with Gasteiger partial charge in [0.1, 0.15) is 0 Å². The third-order valence-corrected chi connectivity index (χ3v) is 3.17. The largest absolute Gasteiger partial charge is 0.296 e. The molecular weight excluding hydrogens is 158 g/mol. The molecule has 0 aromatic heterocycles. The van der Waals surface area contributed by atoms with Crippen molar-refractivity contribution < 1.29 is 0 Å². The molecule has 0 radical (unpaired) electrons. The molecule has 1 fully saturated rings. The monoisotopic (exact) mass is 183 g/mol. The van der Waals surface area contributed by atoms with Crippen molar-refractivity contribution in [2.24, 2.45) is 0 Å². The Labute approximate surface area is 83.8 Å². The number of hydrogen-bond donors (Lipinski definition) is 0. The van der Waals surface area contributed by atoms with Gasteiger partial charge in [0, 0.05) is 12.1 Å². The predicted octanol–water partition coefficient (Wildman–Crippen LogP) is 3.46. The molecule has 0 aliphatic carbocycles. The number of hydrogen-bond acceptors (Lipinski definition) is 1. The van der Waals surface area contributed by atoms with E-state index in [4.69, 9.17) is 0 Å². The van der Waals surface area contributed by atoms with Crippen molar-refractivity contribution >= 4 is 0 Å². The minimum absolute atomic E-state index is 0.442. The van der Waals surface area contributed by atoms with Crippen LogP contribution >= 0.6 is 0 Å². The Morgan fingerprint density at radius 1 is 1.31 bits per heavy atom. The van der Waals surface area contributed by atoms with E-state index in [9.17, 15) is 0 Å². The summed E-state index contributed by atoms with van der Waals surface area (Å²) in [4.78, 5) is 2.45. The molecule has 0 bridgehead atoms. The van der Waals surface area contributed by atoms with Crippen LogP contribution in [-0.2, 0) is 0 Å². The molecule has 0 atom stereocenters. The van der Waals surface area contributed by atoms with E-state index >= 15 is 0 Å². The Bertz CT molecular complexity index is 157. The molecule has 0 unspecified atom stereocenters. The summed E-state index contributed by atoms with van der Waals surface area (Å²) in [5.74, 6) is 0. The van der Waals surface area contributed by atoms with Crippen LogP contribution in [-0.4, -0.2) is 24.0 Å². The summed E-state index contributed by atoms with van der Waals surface area (Å²) >= 11 is 0. The highest BCUT2D eigenvalue weighted by atomic mass is 15.2. The van der Waals surface area contributed by atoms with Crippen LogP contribution in [0.25, 0.3) is 0 Å². The van der Waals surface area contributed by atoms with Crippen molar-refractivity contribution in [1.82, 2.24) is 4.90 Å². The summed E-state index contributed by atoms with van der Waals surface area (Å²) in [6.07, 6.45) is 3.70. The Kier molecular flexibility index (Phi) is 5.31. The molecule has 1 rings (SSSR count). The molecule has 1 saturated heterocycles. The third kappa shape index (κ3) is 2.57. The molecule has 0 amide bonds. The molecule has 0 spiro atoms. The van der Waals surface area contributed by atoms with Gasteiger partial charge in [-0.25, -0.2) is 0 Å². The van der Waals surface area contributed by atoms with Crippen molar-refractivity contribution in [3.05, 3.63) is 12.2 Å². The fraction of sp³-hybridized carbons (Fsp3) is 0.833. The second-order valence-corrected chi connectivity index (χ2v) is 3.71. The van der Waals surface area contributed by atoms with E-state index < -0.39 is 0 Å². The fourth-order valence-electron chi connectivity index (χ4n) is 2.20. The maximum Gasteiger partial charge on any atom is 0.0242 e. The van der Waals surface area contributed by atoms with Crippen LogP contribution in [0.5, 0.6) is 0 Å². The number of nitrogens with zero attached hydrogens (tertiary/aromatic N) is 1. The SMILES string of the molecule is C=C1CN(C)C(CC)(CC)C1.CC. The van der Waals surface area contributed by atoms with Gasteiger partial charge in [0.05, 0.1) is 0 Å². The first kappa shape index (κ1) is 12.7. The minimum atomic E-state index is 0.442. The lowest BCUT2D eigenvalue weighted by Gasteiger charge is -2.33. The van der Waals surface area contributed by atoms with Crippen LogP contribution in [0.1, 0.15) is 47.0 Å². The fourth-order valence-corrected chi connectivity index (χ4v) is 2.20. The van der Waals surface area contributed by atoms with Crippen LogP contribution < -0.4 is 0 Å². The zero-order chi connectivity index (χ0) is 10.5. The summed E-state index contributed by atoms with van der Waals surface area (Å²) in [6.45, 7) is 13.7. The number of likely N-dealkylation sites (tertiary alicyclic amines) is 1. The van der Waals surface area contributed by atoms with Crippen LogP contribution in [0.2, 0.25) is 0 Å². The quantitative estimate of drug-likeness (QED) is 0.593. The van der Waals surface area contributed by atoms with Gasteiger partial charge in [-0.15, -0.1) is 0 Å². The number of rotatable bonds is 2. The van der Waals surface area contributed by atoms with Gasteiger partial charge in [-0.05, 0) is 26.3 Å². The smallest absolute Gasteiger partial charge is 0.0242 e. The average Bonchev–Trinajstić information content (AvgIpc) is 2.45. The number of likely N-dealkylation sites (N-methyl/N-ethyl adjacent to an activating group) is 1. The molecule has 1 heterocycles. The highest BCUT2D eigenvalue weighted by Crippen LogP contribution is 2.35. The maximum atomic E-state index is 4.05. The molecule has 0 aromatic carbocycles. The van der Waals surface area contributed by atoms with E-state index in [1.165, 1.54) is 24.8 Å². The lowest BCUT2D eigenvalue weighted by Crippen LogP contribution is -2.39. The van der Waals surface area contributed by atoms with E-state index in [0.29, 0.717) is 5.54 Å². The van der Waals surface area contributed by atoms with Gasteiger partial charge >= 0.3 is 0 Å². The van der Waals surface area contributed by atoms with Crippen molar-refractivity contribution in [3.8, 4) is 0 Å². The van der Waals surface area contributed by atoms with Gasteiger partial charge < -0.3 is 0 Å². The highest BCUT2D eigenvalue weighted by molar-refractivity contribution is 5.13. The summed E-state index contributed by atoms with van der Waals surface area (Å²) < 4.78 is 0. The van der Waals surface area contributed by atoms with Crippen LogP contribution in [0, 0.1) is 0 Å². The van der Waals surface area contributed by atoms with Gasteiger partial charge in [0.15, 0.2) is 0 Å². The molecular formula is C12H25N. The summed E-state index contributed by atoms with van der Waals surface area (Å²) in [6, 6.07) is 0. The Balaban J connectivity index is 0.000000671. The second kappa shape index (κ2) is 5.43. The normalized spacial score (nSPS) is 21.2. The average molecular weight is 183 g/mol. The van der Waals surface area contributed by atoms with Gasteiger partial charge in [-0.2, -0.15) is 0 Å². The third-order valence-electron chi connectivity index (χ3n) is 3.17. The van der Waals surface area contributed by atoms with Crippen molar-refractivity contribution in [1.29, 1.82) is 0 Å². The Hall–Kier alpha value is -0.300. The second-order valence-electron chi connectivity index (χ2n) is 3.71. The first-order valence-corrected chi connectivity index (χ1v) is 5.52. The molecule has 78 valence electrons. The van der Waals surface area contributed by atoms with Crippen LogP contribution in [0.4, 0.5) is 0 Å². The first-order valence-electron chi connectivity index (χ1n) is 5.52. The minimum Gasteiger partial charge on any atom is -0.296 e. The van der Waals surface area contributed by atoms with E-state index in [0.717, 1.165) is 6.54 Å². The lowest BCUT2D eigenvalue weighted by molar-refractivity contribution is 0.161. The predicted molar refractivity (Wildman–Crippen MR) is 61.0 cm³/mol. The molecule has 1 aliphatic rings. The summed E-state index contributed by atoms with van der Waals surface area (Å²) in [7, 11) is 2.21. The van der Waals surface area contributed by atoms with E-state index in [-0.39, 0.29) is 0 Å². The van der Waals surface area contributed by atoms with Crippen LogP contribution in [0.15, 0.2) is 12.2 Å². The molecule has 1 aliphatic heterocycles.